The lowest BCUT2D eigenvalue weighted by Gasteiger charge is -2.13. The second-order valence-corrected chi connectivity index (χ2v) is 6.88. The highest BCUT2D eigenvalue weighted by Crippen LogP contribution is 2.14. The molecule has 3 aromatic carbocycles. The molecule has 1 heterocycles. The van der Waals surface area contributed by atoms with Gasteiger partial charge in [0, 0.05) is 10.7 Å². The average molecular weight is 417 g/mol. The van der Waals surface area contributed by atoms with Crippen molar-refractivity contribution in [3.8, 4) is 0 Å². The maximum atomic E-state index is 13.0. The average Bonchev–Trinajstić information content (AvgIpc) is 2.77. The molecule has 30 heavy (non-hydrogen) atoms. The first-order valence-electron chi connectivity index (χ1n) is 9.19. The number of fused-ring (bicyclic) bond motifs is 1. The Morgan fingerprint density at radius 1 is 0.900 bits per heavy atom. The van der Waals surface area contributed by atoms with E-state index in [1.165, 1.54) is 0 Å². The zero-order chi connectivity index (χ0) is 20.9. The first kappa shape index (κ1) is 19.4. The SMILES string of the molecule is O=C(Nc1ccc(Cl)cc1)Nn1c(/C=C/c2ccccc2)nc2ccccc2c1=O. The molecule has 0 saturated heterocycles. The normalized spacial score (nSPS) is 11.0. The predicted octanol–water partition coefficient (Wildman–Crippen LogP) is 5.00. The summed E-state index contributed by atoms with van der Waals surface area (Å²) in [6.45, 7) is 0. The first-order chi connectivity index (χ1) is 14.6. The van der Waals surface area contributed by atoms with Crippen LogP contribution in [0.25, 0.3) is 23.1 Å². The zero-order valence-electron chi connectivity index (χ0n) is 15.7. The number of urea groups is 1. The number of rotatable bonds is 4. The number of amides is 2. The monoisotopic (exact) mass is 416 g/mol. The Hall–Kier alpha value is -3.90. The van der Waals surface area contributed by atoms with Crippen molar-refractivity contribution in [2.75, 3.05) is 10.7 Å². The third-order valence-electron chi connectivity index (χ3n) is 4.34. The Morgan fingerprint density at radius 3 is 2.37 bits per heavy atom. The van der Waals surface area contributed by atoms with Gasteiger partial charge in [-0.1, -0.05) is 60.1 Å². The molecule has 0 unspecified atom stereocenters. The number of hydrogen-bond donors (Lipinski definition) is 2. The molecule has 6 nitrogen and oxygen atoms in total. The van der Waals surface area contributed by atoms with E-state index in [0.29, 0.717) is 27.4 Å². The molecule has 1 aromatic heterocycles. The van der Waals surface area contributed by atoms with E-state index in [2.05, 4.69) is 15.7 Å². The van der Waals surface area contributed by atoms with Gasteiger partial charge in [0.05, 0.1) is 10.9 Å². The van der Waals surface area contributed by atoms with Gasteiger partial charge in [-0.15, -0.1) is 0 Å². The fourth-order valence-corrected chi connectivity index (χ4v) is 3.02. The molecule has 4 rings (SSSR count). The van der Waals surface area contributed by atoms with E-state index < -0.39 is 6.03 Å². The molecule has 0 aliphatic rings. The van der Waals surface area contributed by atoms with Crippen molar-refractivity contribution in [1.29, 1.82) is 0 Å². The second-order valence-electron chi connectivity index (χ2n) is 6.44. The lowest BCUT2D eigenvalue weighted by Crippen LogP contribution is -2.37. The molecular formula is C23H17ClN4O2. The molecule has 4 aromatic rings. The van der Waals surface area contributed by atoms with Crippen molar-refractivity contribution in [3.05, 3.63) is 106 Å². The smallest absolute Gasteiger partial charge is 0.307 e. The number of para-hydroxylation sites is 1. The molecule has 2 amide bonds. The molecule has 0 bridgehead atoms. The van der Waals surface area contributed by atoms with E-state index in [-0.39, 0.29) is 5.56 Å². The number of benzene rings is 3. The molecular weight excluding hydrogens is 400 g/mol. The van der Waals surface area contributed by atoms with Crippen LogP contribution in [0.4, 0.5) is 10.5 Å². The van der Waals surface area contributed by atoms with Gasteiger partial charge in [-0.25, -0.2) is 15.2 Å². The van der Waals surface area contributed by atoms with Crippen LogP contribution in [0.5, 0.6) is 0 Å². The number of halogens is 1. The van der Waals surface area contributed by atoms with Crippen molar-refractivity contribution < 1.29 is 4.79 Å². The lowest BCUT2D eigenvalue weighted by atomic mass is 10.2. The molecule has 2 N–H and O–H groups in total. The van der Waals surface area contributed by atoms with Crippen LogP contribution in [0.3, 0.4) is 0 Å². The van der Waals surface area contributed by atoms with Crippen LogP contribution in [0.15, 0.2) is 83.7 Å². The van der Waals surface area contributed by atoms with E-state index >= 15 is 0 Å². The maximum absolute atomic E-state index is 13.0. The van der Waals surface area contributed by atoms with Crippen molar-refractivity contribution >= 4 is 46.4 Å². The van der Waals surface area contributed by atoms with Gasteiger partial charge >= 0.3 is 6.03 Å². The molecule has 0 aliphatic carbocycles. The number of anilines is 1. The van der Waals surface area contributed by atoms with Crippen LogP contribution < -0.4 is 16.3 Å². The van der Waals surface area contributed by atoms with E-state index in [4.69, 9.17) is 11.6 Å². The third kappa shape index (κ3) is 4.39. The van der Waals surface area contributed by atoms with E-state index in [1.807, 2.05) is 42.5 Å². The van der Waals surface area contributed by atoms with Crippen molar-refractivity contribution in [2.45, 2.75) is 0 Å². The number of aromatic nitrogens is 2. The Balaban J connectivity index is 1.70. The largest absolute Gasteiger partial charge is 0.338 e. The summed E-state index contributed by atoms with van der Waals surface area (Å²) in [6, 6.07) is 22.7. The summed E-state index contributed by atoms with van der Waals surface area (Å²) >= 11 is 5.87. The summed E-state index contributed by atoms with van der Waals surface area (Å²) in [5.41, 5.74) is 4.23. The number of carbonyl (C=O) groups is 1. The fraction of sp³-hybridized carbons (Fsp3) is 0. The summed E-state index contributed by atoms with van der Waals surface area (Å²) in [5.74, 6) is 0.300. The molecule has 148 valence electrons. The number of nitrogens with one attached hydrogen (secondary N) is 2. The maximum Gasteiger partial charge on any atom is 0.338 e. The van der Waals surface area contributed by atoms with Crippen LogP contribution in [0.2, 0.25) is 5.02 Å². The Bertz CT molecular complexity index is 1280. The summed E-state index contributed by atoms with van der Waals surface area (Å²) in [4.78, 5) is 30.1. The summed E-state index contributed by atoms with van der Waals surface area (Å²) < 4.78 is 1.13. The Kier molecular flexibility index (Phi) is 5.59. The van der Waals surface area contributed by atoms with Gasteiger partial charge in [0.2, 0.25) is 0 Å². The summed E-state index contributed by atoms with van der Waals surface area (Å²) in [6.07, 6.45) is 3.51. The van der Waals surface area contributed by atoms with E-state index in [0.717, 1.165) is 10.2 Å². The molecule has 0 radical (unpaired) electrons. The zero-order valence-corrected chi connectivity index (χ0v) is 16.5. The van der Waals surface area contributed by atoms with E-state index in [9.17, 15) is 9.59 Å². The highest BCUT2D eigenvalue weighted by atomic mass is 35.5. The van der Waals surface area contributed by atoms with Crippen LogP contribution >= 0.6 is 11.6 Å². The Labute approximate surface area is 177 Å². The first-order valence-corrected chi connectivity index (χ1v) is 9.56. The van der Waals surface area contributed by atoms with Gasteiger partial charge < -0.3 is 5.32 Å². The molecule has 0 saturated carbocycles. The number of nitrogens with zero attached hydrogens (tertiary/aromatic N) is 2. The van der Waals surface area contributed by atoms with Crippen LogP contribution in [-0.4, -0.2) is 15.7 Å². The van der Waals surface area contributed by atoms with Crippen LogP contribution in [0.1, 0.15) is 11.4 Å². The van der Waals surface area contributed by atoms with Crippen molar-refractivity contribution in [1.82, 2.24) is 9.66 Å². The standard InChI is InChI=1S/C23H17ClN4O2/c24-17-11-13-18(14-12-17)25-23(30)27-28-21(15-10-16-6-2-1-3-7-16)26-20-9-5-4-8-19(20)22(28)29/h1-15H,(H2,25,27,30)/b15-10+. The second kappa shape index (κ2) is 8.63. The molecule has 0 aliphatic heterocycles. The quantitative estimate of drug-likeness (QED) is 0.491. The van der Waals surface area contributed by atoms with Gasteiger partial charge in [0.25, 0.3) is 5.56 Å². The van der Waals surface area contributed by atoms with Gasteiger partial charge in [-0.05, 0) is 48.0 Å². The highest BCUT2D eigenvalue weighted by Gasteiger charge is 2.12. The number of hydrogen-bond acceptors (Lipinski definition) is 3. The molecule has 0 spiro atoms. The topological polar surface area (TPSA) is 76.0 Å². The Morgan fingerprint density at radius 2 is 1.60 bits per heavy atom. The lowest BCUT2D eigenvalue weighted by molar-refractivity contribution is 0.259. The summed E-state index contributed by atoms with van der Waals surface area (Å²) in [5, 5.41) is 3.64. The highest BCUT2D eigenvalue weighted by molar-refractivity contribution is 6.30. The van der Waals surface area contributed by atoms with Gasteiger partial charge in [0.1, 0.15) is 0 Å². The number of carbonyl (C=O) groups excluding carboxylic acids is 1. The molecule has 7 heteroatoms. The third-order valence-corrected chi connectivity index (χ3v) is 4.59. The van der Waals surface area contributed by atoms with Crippen molar-refractivity contribution in [2.24, 2.45) is 0 Å². The molecule has 0 fully saturated rings. The minimum Gasteiger partial charge on any atom is -0.307 e. The predicted molar refractivity (Wildman–Crippen MR) is 121 cm³/mol. The van der Waals surface area contributed by atoms with Crippen molar-refractivity contribution in [3.63, 3.8) is 0 Å². The van der Waals surface area contributed by atoms with Crippen LogP contribution in [0, 0.1) is 0 Å². The summed E-state index contributed by atoms with van der Waals surface area (Å²) in [7, 11) is 0. The minimum atomic E-state index is -0.578. The fourth-order valence-electron chi connectivity index (χ4n) is 2.90. The minimum absolute atomic E-state index is 0.300. The van der Waals surface area contributed by atoms with E-state index in [1.54, 1.807) is 48.5 Å². The van der Waals surface area contributed by atoms with Gasteiger partial charge in [-0.2, -0.15) is 4.68 Å². The molecule has 0 atom stereocenters. The van der Waals surface area contributed by atoms with Gasteiger partial charge in [-0.3, -0.25) is 4.79 Å². The van der Waals surface area contributed by atoms with Crippen LogP contribution in [-0.2, 0) is 0 Å². The van der Waals surface area contributed by atoms with Gasteiger partial charge in [0.15, 0.2) is 5.82 Å².